The maximum absolute atomic E-state index is 12.9. The Morgan fingerprint density at radius 3 is 2.58 bits per heavy atom. The second kappa shape index (κ2) is 9.18. The van der Waals surface area contributed by atoms with Crippen LogP contribution in [0.1, 0.15) is 23.7 Å². The van der Waals surface area contributed by atoms with Gasteiger partial charge in [0.25, 0.3) is 5.91 Å². The lowest BCUT2D eigenvalue weighted by Crippen LogP contribution is -2.45. The Balaban J connectivity index is 1.36. The summed E-state index contributed by atoms with van der Waals surface area (Å²) in [6.45, 7) is 1.46. The fraction of sp³-hybridized carbons (Fsp3) is 0.348. The molecular formula is C23H25N3O5. The van der Waals surface area contributed by atoms with Crippen LogP contribution in [0.2, 0.25) is 0 Å². The van der Waals surface area contributed by atoms with Gasteiger partial charge >= 0.3 is 6.03 Å². The molecule has 2 saturated heterocycles. The Hall–Kier alpha value is -3.39. The quantitative estimate of drug-likeness (QED) is 0.719. The number of hydrogen-bond acceptors (Lipinski definition) is 5. The van der Waals surface area contributed by atoms with Gasteiger partial charge < -0.3 is 19.7 Å². The first-order valence-electron chi connectivity index (χ1n) is 10.2. The van der Waals surface area contributed by atoms with Gasteiger partial charge in [0.15, 0.2) is 0 Å². The second-order valence-corrected chi connectivity index (χ2v) is 7.59. The van der Waals surface area contributed by atoms with Gasteiger partial charge in [-0.25, -0.2) is 4.79 Å². The molecule has 2 aromatic carbocycles. The molecule has 0 aliphatic carbocycles. The first-order valence-corrected chi connectivity index (χ1v) is 10.2. The van der Waals surface area contributed by atoms with E-state index in [9.17, 15) is 14.4 Å². The molecule has 2 heterocycles. The van der Waals surface area contributed by atoms with Gasteiger partial charge in [-0.15, -0.1) is 0 Å². The van der Waals surface area contributed by atoms with Crippen molar-refractivity contribution in [3.05, 3.63) is 65.7 Å². The van der Waals surface area contributed by atoms with Gasteiger partial charge in [-0.05, 0) is 23.3 Å². The van der Waals surface area contributed by atoms with Crippen molar-refractivity contribution < 1.29 is 23.9 Å². The van der Waals surface area contributed by atoms with E-state index < -0.39 is 12.1 Å². The number of carbonyl (C=O) groups is 3. The zero-order valence-electron chi connectivity index (χ0n) is 17.3. The monoisotopic (exact) mass is 423 g/mol. The maximum Gasteiger partial charge on any atom is 0.325 e. The predicted molar refractivity (Wildman–Crippen MR) is 112 cm³/mol. The Labute approximate surface area is 180 Å². The third kappa shape index (κ3) is 4.69. The van der Waals surface area contributed by atoms with Crippen LogP contribution < -0.4 is 10.1 Å². The summed E-state index contributed by atoms with van der Waals surface area (Å²) < 4.78 is 10.9. The van der Waals surface area contributed by atoms with Crippen molar-refractivity contribution in [1.29, 1.82) is 0 Å². The lowest BCUT2D eigenvalue weighted by Gasteiger charge is -2.33. The van der Waals surface area contributed by atoms with Crippen molar-refractivity contribution >= 4 is 17.8 Å². The van der Waals surface area contributed by atoms with Crippen molar-refractivity contribution in [2.24, 2.45) is 0 Å². The Morgan fingerprint density at radius 2 is 1.87 bits per heavy atom. The molecule has 2 fully saturated rings. The van der Waals surface area contributed by atoms with Gasteiger partial charge in [0.1, 0.15) is 17.9 Å². The number of rotatable bonds is 6. The molecule has 8 heteroatoms. The molecule has 2 aliphatic rings. The van der Waals surface area contributed by atoms with Crippen LogP contribution in [0.4, 0.5) is 4.79 Å². The third-order valence-electron chi connectivity index (χ3n) is 5.58. The van der Waals surface area contributed by atoms with Crippen LogP contribution in [-0.2, 0) is 20.9 Å². The number of hydrogen-bond donors (Lipinski definition) is 1. The van der Waals surface area contributed by atoms with Gasteiger partial charge in [0.2, 0.25) is 5.91 Å². The van der Waals surface area contributed by atoms with Crippen molar-refractivity contribution in [1.82, 2.24) is 15.1 Å². The molecule has 2 aliphatic heterocycles. The standard InChI is InChI=1S/C23H25N3O5/c1-30-18-9-7-16(8-10-18)14-26-22(28)19(24-23(26)29)13-21(27)25-11-12-31-20(15-25)17-5-3-2-4-6-17/h2-10,19-20H,11-15H2,1H3,(H,24,29). The average Bonchev–Trinajstić information content (AvgIpc) is 3.07. The van der Waals surface area contributed by atoms with Gasteiger partial charge in [-0.3, -0.25) is 14.5 Å². The molecule has 0 saturated carbocycles. The largest absolute Gasteiger partial charge is 0.497 e. The van der Waals surface area contributed by atoms with E-state index in [1.807, 2.05) is 30.3 Å². The molecule has 2 aromatic rings. The van der Waals surface area contributed by atoms with Gasteiger partial charge in [-0.2, -0.15) is 0 Å². The molecule has 0 spiro atoms. The van der Waals surface area contributed by atoms with Gasteiger partial charge in [0, 0.05) is 6.54 Å². The van der Waals surface area contributed by atoms with Crippen LogP contribution in [-0.4, -0.2) is 60.5 Å². The molecular weight excluding hydrogens is 398 g/mol. The number of morpholine rings is 1. The van der Waals surface area contributed by atoms with Crippen LogP contribution in [0.15, 0.2) is 54.6 Å². The van der Waals surface area contributed by atoms with E-state index in [1.54, 1.807) is 36.3 Å². The number of carbonyl (C=O) groups excluding carboxylic acids is 3. The zero-order chi connectivity index (χ0) is 21.8. The van der Waals surface area contributed by atoms with Gasteiger partial charge in [0.05, 0.1) is 33.2 Å². The van der Waals surface area contributed by atoms with E-state index in [0.29, 0.717) is 25.4 Å². The number of methoxy groups -OCH3 is 1. The minimum absolute atomic E-state index is 0.0643. The molecule has 0 radical (unpaired) electrons. The smallest absolute Gasteiger partial charge is 0.325 e. The number of ether oxygens (including phenoxy) is 2. The molecule has 4 rings (SSSR count). The summed E-state index contributed by atoms with van der Waals surface area (Å²) in [6, 6.07) is 15.6. The first kappa shape index (κ1) is 20.9. The highest BCUT2D eigenvalue weighted by molar-refractivity contribution is 6.05. The molecule has 1 N–H and O–H groups in total. The normalized spacial score (nSPS) is 21.2. The lowest BCUT2D eigenvalue weighted by atomic mass is 10.1. The number of benzene rings is 2. The van der Waals surface area contributed by atoms with E-state index in [1.165, 1.54) is 0 Å². The van der Waals surface area contributed by atoms with E-state index in [0.717, 1.165) is 16.0 Å². The van der Waals surface area contributed by atoms with Crippen LogP contribution in [0, 0.1) is 0 Å². The average molecular weight is 423 g/mol. The molecule has 31 heavy (non-hydrogen) atoms. The highest BCUT2D eigenvalue weighted by atomic mass is 16.5. The number of amides is 4. The topological polar surface area (TPSA) is 88.2 Å². The molecule has 2 unspecified atom stereocenters. The van der Waals surface area contributed by atoms with Crippen molar-refractivity contribution in [2.75, 3.05) is 26.8 Å². The number of urea groups is 1. The zero-order valence-corrected chi connectivity index (χ0v) is 17.3. The number of imide groups is 1. The van der Waals surface area contributed by atoms with Crippen LogP contribution in [0.25, 0.3) is 0 Å². The van der Waals surface area contributed by atoms with E-state index in [4.69, 9.17) is 9.47 Å². The fourth-order valence-corrected chi connectivity index (χ4v) is 3.83. The number of nitrogens with one attached hydrogen (secondary N) is 1. The van der Waals surface area contributed by atoms with Gasteiger partial charge in [-0.1, -0.05) is 42.5 Å². The van der Waals surface area contributed by atoms with E-state index in [-0.39, 0.29) is 30.9 Å². The summed E-state index contributed by atoms with van der Waals surface area (Å²) in [5.41, 5.74) is 1.81. The Morgan fingerprint density at radius 1 is 1.13 bits per heavy atom. The molecule has 162 valence electrons. The van der Waals surface area contributed by atoms with Crippen LogP contribution >= 0.6 is 0 Å². The van der Waals surface area contributed by atoms with Crippen molar-refractivity contribution in [3.63, 3.8) is 0 Å². The second-order valence-electron chi connectivity index (χ2n) is 7.59. The molecule has 2 atom stereocenters. The summed E-state index contributed by atoms with van der Waals surface area (Å²) in [7, 11) is 1.57. The minimum Gasteiger partial charge on any atom is -0.497 e. The van der Waals surface area contributed by atoms with Crippen molar-refractivity contribution in [2.45, 2.75) is 25.1 Å². The SMILES string of the molecule is COc1ccc(CN2C(=O)NC(CC(=O)N3CCOC(c4ccccc4)C3)C2=O)cc1. The lowest BCUT2D eigenvalue weighted by molar-refractivity contribution is -0.141. The minimum atomic E-state index is -0.851. The van der Waals surface area contributed by atoms with Crippen LogP contribution in [0.3, 0.4) is 0 Å². The van der Waals surface area contributed by atoms with Crippen molar-refractivity contribution in [3.8, 4) is 5.75 Å². The molecule has 0 bridgehead atoms. The van der Waals surface area contributed by atoms with Crippen LogP contribution in [0.5, 0.6) is 5.75 Å². The summed E-state index contributed by atoms with van der Waals surface area (Å²) >= 11 is 0. The Bertz CT molecular complexity index is 947. The Kier molecular flexibility index (Phi) is 6.18. The number of nitrogens with zero attached hydrogens (tertiary/aromatic N) is 2. The summed E-state index contributed by atoms with van der Waals surface area (Å²) in [5.74, 6) is 0.139. The first-order chi connectivity index (χ1) is 15.0. The third-order valence-corrected chi connectivity index (χ3v) is 5.58. The highest BCUT2D eigenvalue weighted by Crippen LogP contribution is 2.23. The molecule has 0 aromatic heterocycles. The molecule has 8 nitrogen and oxygen atoms in total. The maximum atomic E-state index is 12.9. The van der Waals surface area contributed by atoms with E-state index >= 15 is 0 Å². The highest BCUT2D eigenvalue weighted by Gasteiger charge is 2.40. The fourth-order valence-electron chi connectivity index (χ4n) is 3.83. The molecule has 4 amide bonds. The summed E-state index contributed by atoms with van der Waals surface area (Å²) in [6.07, 6.45) is -0.259. The van der Waals surface area contributed by atoms with E-state index in [2.05, 4.69) is 5.32 Å². The summed E-state index contributed by atoms with van der Waals surface area (Å²) in [5, 5.41) is 2.64. The summed E-state index contributed by atoms with van der Waals surface area (Å²) in [4.78, 5) is 40.8. The predicted octanol–water partition coefficient (Wildman–Crippen LogP) is 2.11.